The van der Waals surface area contributed by atoms with Gasteiger partial charge in [0.1, 0.15) is 11.9 Å². The Morgan fingerprint density at radius 1 is 1.25 bits per heavy atom. The van der Waals surface area contributed by atoms with Crippen molar-refractivity contribution in [3.8, 4) is 16.9 Å². The average Bonchev–Trinajstić information content (AvgIpc) is 2.45. The lowest BCUT2D eigenvalue weighted by Gasteiger charge is -2.19. The molecule has 0 heterocycles. The Kier molecular flexibility index (Phi) is 4.79. The smallest absolute Gasteiger partial charge is 0.138 e. The van der Waals surface area contributed by atoms with Crippen LogP contribution in [0.2, 0.25) is 0 Å². The number of aliphatic carboxylic acids is 1. The fraction of sp³-hybridized carbons (Fsp3) is 0.188. The number of carbonyl (C=O) groups excluding carboxylic acids is 1. The summed E-state index contributed by atoms with van der Waals surface area (Å²) in [6, 6.07) is 15.3. The Morgan fingerprint density at radius 2 is 1.95 bits per heavy atom. The van der Waals surface area contributed by atoms with E-state index in [0.717, 1.165) is 15.6 Å². The van der Waals surface area contributed by atoms with E-state index in [2.05, 4.69) is 15.9 Å². The van der Waals surface area contributed by atoms with Crippen LogP contribution in [0.3, 0.4) is 0 Å². The lowest BCUT2D eigenvalue weighted by atomic mass is 10.1. The summed E-state index contributed by atoms with van der Waals surface area (Å²) in [7, 11) is 0. The van der Waals surface area contributed by atoms with Crippen LogP contribution in [0.5, 0.6) is 5.75 Å². The zero-order chi connectivity index (χ0) is 14.5. The molecule has 3 nitrogen and oxygen atoms in total. The molecule has 4 heteroatoms. The van der Waals surface area contributed by atoms with Gasteiger partial charge in [-0.05, 0) is 35.7 Å². The minimum absolute atomic E-state index is 0.361. The first-order chi connectivity index (χ1) is 9.61. The molecule has 0 saturated carbocycles. The molecule has 0 saturated heterocycles. The first-order valence-electron chi connectivity index (χ1n) is 6.34. The number of ether oxygens (including phenoxy) is 1. The summed E-state index contributed by atoms with van der Waals surface area (Å²) >= 11 is 3.49. The molecule has 1 unspecified atom stereocenters. The number of carboxylic acids is 1. The predicted molar refractivity (Wildman–Crippen MR) is 79.3 cm³/mol. The number of hydrogen-bond acceptors (Lipinski definition) is 3. The molecular formula is C16H14BrO3-. The maximum Gasteiger partial charge on any atom is 0.138 e. The molecule has 0 aliphatic rings. The van der Waals surface area contributed by atoms with Crippen molar-refractivity contribution in [2.75, 3.05) is 0 Å². The van der Waals surface area contributed by atoms with Crippen molar-refractivity contribution in [3.63, 3.8) is 0 Å². The highest BCUT2D eigenvalue weighted by Gasteiger charge is 2.11. The molecule has 2 rings (SSSR count). The first-order valence-corrected chi connectivity index (χ1v) is 7.13. The van der Waals surface area contributed by atoms with Gasteiger partial charge in [0.15, 0.2) is 0 Å². The van der Waals surface area contributed by atoms with Gasteiger partial charge in [0.25, 0.3) is 0 Å². The fourth-order valence-electron chi connectivity index (χ4n) is 1.88. The van der Waals surface area contributed by atoms with Crippen LogP contribution < -0.4 is 9.84 Å². The molecule has 0 aromatic heterocycles. The number of benzene rings is 2. The molecule has 0 fully saturated rings. The lowest BCUT2D eigenvalue weighted by Crippen LogP contribution is -2.39. The van der Waals surface area contributed by atoms with Gasteiger partial charge in [-0.25, -0.2) is 0 Å². The van der Waals surface area contributed by atoms with E-state index < -0.39 is 12.1 Å². The molecule has 0 amide bonds. The summed E-state index contributed by atoms with van der Waals surface area (Å²) in [5.41, 5.74) is 2.11. The summed E-state index contributed by atoms with van der Waals surface area (Å²) in [4.78, 5) is 10.9. The minimum Gasteiger partial charge on any atom is -0.546 e. The maximum absolute atomic E-state index is 10.9. The number of hydrogen-bond donors (Lipinski definition) is 0. The Hall–Kier alpha value is -1.81. The monoisotopic (exact) mass is 333 g/mol. The highest BCUT2D eigenvalue weighted by molar-refractivity contribution is 9.10. The van der Waals surface area contributed by atoms with E-state index in [1.807, 2.05) is 36.4 Å². The summed E-state index contributed by atoms with van der Waals surface area (Å²) in [6.45, 7) is 1.74. The summed E-state index contributed by atoms with van der Waals surface area (Å²) in [5.74, 6) is -0.691. The second-order valence-corrected chi connectivity index (χ2v) is 5.20. The van der Waals surface area contributed by atoms with E-state index in [-0.39, 0.29) is 0 Å². The Balaban J connectivity index is 2.24. The van der Waals surface area contributed by atoms with Crippen LogP contribution in [0.25, 0.3) is 11.1 Å². The predicted octanol–water partition coefficient (Wildman–Crippen LogP) is 3.02. The van der Waals surface area contributed by atoms with Crippen molar-refractivity contribution in [1.29, 1.82) is 0 Å². The van der Waals surface area contributed by atoms with E-state index in [9.17, 15) is 9.90 Å². The highest BCUT2D eigenvalue weighted by atomic mass is 79.9. The van der Waals surface area contributed by atoms with Gasteiger partial charge in [-0.3, -0.25) is 0 Å². The van der Waals surface area contributed by atoms with Crippen molar-refractivity contribution in [1.82, 2.24) is 0 Å². The molecule has 0 spiro atoms. The number of halogens is 1. The highest BCUT2D eigenvalue weighted by Crippen LogP contribution is 2.31. The molecule has 0 radical (unpaired) electrons. The van der Waals surface area contributed by atoms with Gasteiger partial charge in [0.05, 0.1) is 5.97 Å². The van der Waals surface area contributed by atoms with Crippen LogP contribution in [0.15, 0.2) is 53.0 Å². The topological polar surface area (TPSA) is 49.4 Å². The van der Waals surface area contributed by atoms with Crippen molar-refractivity contribution in [2.45, 2.75) is 19.4 Å². The summed E-state index contributed by atoms with van der Waals surface area (Å²) < 4.78 is 6.26. The van der Waals surface area contributed by atoms with Gasteiger partial charge in [0.2, 0.25) is 0 Å². The van der Waals surface area contributed by atoms with E-state index in [4.69, 9.17) is 4.74 Å². The molecule has 2 aromatic carbocycles. The molecule has 0 aliphatic heterocycles. The molecular weight excluding hydrogens is 320 g/mol. The van der Waals surface area contributed by atoms with E-state index in [1.54, 1.807) is 19.1 Å². The van der Waals surface area contributed by atoms with Gasteiger partial charge in [-0.2, -0.15) is 0 Å². The second-order valence-electron chi connectivity index (χ2n) is 4.34. The van der Waals surface area contributed by atoms with E-state index in [1.165, 1.54) is 0 Å². The van der Waals surface area contributed by atoms with E-state index >= 15 is 0 Å². The van der Waals surface area contributed by atoms with Crippen LogP contribution in [0, 0.1) is 0 Å². The third-order valence-corrected chi connectivity index (χ3v) is 3.59. The zero-order valence-electron chi connectivity index (χ0n) is 11.0. The van der Waals surface area contributed by atoms with Gasteiger partial charge >= 0.3 is 0 Å². The zero-order valence-corrected chi connectivity index (χ0v) is 12.6. The van der Waals surface area contributed by atoms with Gasteiger partial charge in [-0.15, -0.1) is 0 Å². The first kappa shape index (κ1) is 14.6. The van der Waals surface area contributed by atoms with Crippen LogP contribution in [-0.4, -0.2) is 12.1 Å². The van der Waals surface area contributed by atoms with Crippen LogP contribution in [0.1, 0.15) is 13.3 Å². The minimum atomic E-state index is -1.20. The Morgan fingerprint density at radius 3 is 2.50 bits per heavy atom. The van der Waals surface area contributed by atoms with Crippen molar-refractivity contribution in [2.24, 2.45) is 0 Å². The molecule has 0 bridgehead atoms. The van der Waals surface area contributed by atoms with Gasteiger partial charge < -0.3 is 14.6 Å². The third kappa shape index (κ3) is 3.39. The normalized spacial score (nSPS) is 11.9. The van der Waals surface area contributed by atoms with Crippen LogP contribution in [-0.2, 0) is 4.79 Å². The summed E-state index contributed by atoms with van der Waals surface area (Å²) in [6.07, 6.45) is -0.565. The molecule has 20 heavy (non-hydrogen) atoms. The summed E-state index contributed by atoms with van der Waals surface area (Å²) in [5, 5.41) is 10.9. The maximum atomic E-state index is 10.9. The third-order valence-electron chi connectivity index (χ3n) is 2.94. The lowest BCUT2D eigenvalue weighted by molar-refractivity contribution is -0.313. The van der Waals surface area contributed by atoms with E-state index in [0.29, 0.717) is 12.2 Å². The number of carbonyl (C=O) groups is 1. The Bertz CT molecular complexity index is 596. The fourth-order valence-corrected chi connectivity index (χ4v) is 2.47. The SMILES string of the molecule is CCC(Oc1ccc(-c2ccccc2)c(Br)c1)C(=O)[O-]. The number of rotatable bonds is 5. The van der Waals surface area contributed by atoms with Crippen molar-refractivity contribution in [3.05, 3.63) is 53.0 Å². The van der Waals surface area contributed by atoms with Gasteiger partial charge in [0, 0.05) is 4.47 Å². The molecule has 2 aromatic rings. The second kappa shape index (κ2) is 6.57. The Labute approximate surface area is 126 Å². The molecule has 0 N–H and O–H groups in total. The quantitative estimate of drug-likeness (QED) is 0.845. The standard InChI is InChI=1S/C16H15BrO3/c1-2-15(16(18)19)20-12-8-9-13(14(17)10-12)11-6-4-3-5-7-11/h3-10,15H,2H2,1H3,(H,18,19)/p-1. The van der Waals surface area contributed by atoms with Crippen molar-refractivity contribution < 1.29 is 14.6 Å². The molecule has 104 valence electrons. The van der Waals surface area contributed by atoms with Crippen LogP contribution >= 0.6 is 15.9 Å². The largest absolute Gasteiger partial charge is 0.546 e. The molecule has 1 atom stereocenters. The molecule has 0 aliphatic carbocycles. The van der Waals surface area contributed by atoms with Crippen molar-refractivity contribution >= 4 is 21.9 Å². The van der Waals surface area contributed by atoms with Crippen LogP contribution in [0.4, 0.5) is 0 Å². The number of carboxylic acid groups (broad SMARTS) is 1. The van der Waals surface area contributed by atoms with Gasteiger partial charge in [-0.1, -0.05) is 53.2 Å². The average molecular weight is 334 g/mol.